The van der Waals surface area contributed by atoms with E-state index in [-0.39, 0.29) is 0 Å². The molecule has 0 radical (unpaired) electrons. The lowest BCUT2D eigenvalue weighted by Crippen LogP contribution is -2.22. The molecular weight excluding hydrogens is 256 g/mol. The third kappa shape index (κ3) is 2.90. The van der Waals surface area contributed by atoms with Crippen molar-refractivity contribution in [2.45, 2.75) is 26.3 Å². The quantitative estimate of drug-likeness (QED) is 0.891. The van der Waals surface area contributed by atoms with E-state index in [9.17, 15) is 0 Å². The fraction of sp³-hybridized carbons (Fsp3) is 0.438. The molecule has 1 fully saturated rings. The minimum atomic E-state index is 0.776. The van der Waals surface area contributed by atoms with Crippen LogP contribution in [0.25, 0.3) is 10.9 Å². The van der Waals surface area contributed by atoms with E-state index < -0.39 is 0 Å². The van der Waals surface area contributed by atoms with Crippen molar-refractivity contribution in [1.29, 1.82) is 0 Å². The second-order valence-corrected chi connectivity index (χ2v) is 5.96. The molecule has 3 heteroatoms. The van der Waals surface area contributed by atoms with Gasteiger partial charge in [-0.1, -0.05) is 24.6 Å². The van der Waals surface area contributed by atoms with Gasteiger partial charge in [0.2, 0.25) is 0 Å². The van der Waals surface area contributed by atoms with Crippen molar-refractivity contribution in [3.63, 3.8) is 0 Å². The SMILES string of the molecule is CC(CNCc1ccc(Cl)c2cccnc12)C1CC1. The van der Waals surface area contributed by atoms with Crippen LogP contribution in [0.4, 0.5) is 0 Å². The van der Waals surface area contributed by atoms with E-state index in [0.717, 1.165) is 40.9 Å². The highest BCUT2D eigenvalue weighted by atomic mass is 35.5. The topological polar surface area (TPSA) is 24.9 Å². The smallest absolute Gasteiger partial charge is 0.0761 e. The largest absolute Gasteiger partial charge is 0.312 e. The van der Waals surface area contributed by atoms with Crippen molar-refractivity contribution in [2.75, 3.05) is 6.54 Å². The number of rotatable bonds is 5. The van der Waals surface area contributed by atoms with Crippen LogP contribution in [0.15, 0.2) is 30.5 Å². The molecule has 19 heavy (non-hydrogen) atoms. The maximum atomic E-state index is 6.20. The van der Waals surface area contributed by atoms with Crippen LogP contribution in [0.3, 0.4) is 0 Å². The van der Waals surface area contributed by atoms with Gasteiger partial charge in [-0.05, 0) is 55.0 Å². The molecule has 0 spiro atoms. The maximum Gasteiger partial charge on any atom is 0.0761 e. The highest BCUT2D eigenvalue weighted by Gasteiger charge is 2.27. The summed E-state index contributed by atoms with van der Waals surface area (Å²) >= 11 is 6.20. The van der Waals surface area contributed by atoms with Crippen molar-refractivity contribution in [2.24, 2.45) is 11.8 Å². The number of pyridine rings is 1. The Morgan fingerprint density at radius 3 is 3.00 bits per heavy atom. The van der Waals surface area contributed by atoms with E-state index in [1.807, 2.05) is 24.4 Å². The third-order valence-corrected chi connectivity index (χ3v) is 4.34. The first-order valence-corrected chi connectivity index (χ1v) is 7.36. The zero-order valence-electron chi connectivity index (χ0n) is 11.2. The highest BCUT2D eigenvalue weighted by molar-refractivity contribution is 6.35. The van der Waals surface area contributed by atoms with E-state index in [1.165, 1.54) is 18.4 Å². The summed E-state index contributed by atoms with van der Waals surface area (Å²) < 4.78 is 0. The molecule has 2 nitrogen and oxygen atoms in total. The summed E-state index contributed by atoms with van der Waals surface area (Å²) in [5.74, 6) is 1.74. The van der Waals surface area contributed by atoms with Gasteiger partial charge >= 0.3 is 0 Å². The average molecular weight is 275 g/mol. The van der Waals surface area contributed by atoms with E-state index in [2.05, 4.69) is 23.3 Å². The molecule has 3 rings (SSSR count). The molecule has 1 saturated carbocycles. The number of benzene rings is 1. The Kier molecular flexibility index (Phi) is 3.72. The molecule has 0 bridgehead atoms. The molecule has 1 heterocycles. The molecule has 1 atom stereocenters. The second kappa shape index (κ2) is 5.48. The Labute approximate surface area is 119 Å². The highest BCUT2D eigenvalue weighted by Crippen LogP contribution is 2.36. The number of halogens is 1. The number of fused-ring (bicyclic) bond motifs is 1. The summed E-state index contributed by atoms with van der Waals surface area (Å²) in [5, 5.41) is 5.37. The summed E-state index contributed by atoms with van der Waals surface area (Å²) in [4.78, 5) is 4.46. The zero-order chi connectivity index (χ0) is 13.2. The van der Waals surface area contributed by atoms with Crippen LogP contribution in [0.1, 0.15) is 25.3 Å². The first-order chi connectivity index (χ1) is 9.25. The Hall–Kier alpha value is -1.12. The zero-order valence-corrected chi connectivity index (χ0v) is 12.0. The van der Waals surface area contributed by atoms with Crippen LogP contribution in [-0.2, 0) is 6.54 Å². The van der Waals surface area contributed by atoms with Crippen LogP contribution in [0.5, 0.6) is 0 Å². The van der Waals surface area contributed by atoms with Gasteiger partial charge in [0, 0.05) is 23.2 Å². The first-order valence-electron chi connectivity index (χ1n) is 6.98. The summed E-state index contributed by atoms with van der Waals surface area (Å²) in [6, 6.07) is 8.00. The fourth-order valence-corrected chi connectivity index (χ4v) is 2.82. The summed E-state index contributed by atoms with van der Waals surface area (Å²) in [7, 11) is 0. The molecule has 100 valence electrons. The van der Waals surface area contributed by atoms with Gasteiger partial charge in [-0.15, -0.1) is 0 Å². The summed E-state index contributed by atoms with van der Waals surface area (Å²) in [5.41, 5.74) is 2.24. The van der Waals surface area contributed by atoms with E-state index in [1.54, 1.807) is 0 Å². The number of hydrogen-bond donors (Lipinski definition) is 1. The number of nitrogens with zero attached hydrogens (tertiary/aromatic N) is 1. The van der Waals surface area contributed by atoms with Crippen molar-refractivity contribution in [1.82, 2.24) is 10.3 Å². The van der Waals surface area contributed by atoms with Crippen LogP contribution in [-0.4, -0.2) is 11.5 Å². The number of nitrogens with one attached hydrogen (secondary N) is 1. The number of aromatic nitrogens is 1. The van der Waals surface area contributed by atoms with Gasteiger partial charge in [-0.3, -0.25) is 4.98 Å². The maximum absolute atomic E-state index is 6.20. The molecule has 1 aliphatic carbocycles. The van der Waals surface area contributed by atoms with Gasteiger partial charge in [0.25, 0.3) is 0 Å². The van der Waals surface area contributed by atoms with Gasteiger partial charge in [0.15, 0.2) is 0 Å². The molecular formula is C16H19ClN2. The van der Waals surface area contributed by atoms with Crippen molar-refractivity contribution >= 4 is 22.5 Å². The van der Waals surface area contributed by atoms with E-state index in [0.29, 0.717) is 0 Å². The lowest BCUT2D eigenvalue weighted by Gasteiger charge is -2.12. The molecule has 1 N–H and O–H groups in total. The third-order valence-electron chi connectivity index (χ3n) is 4.01. The van der Waals surface area contributed by atoms with E-state index in [4.69, 9.17) is 11.6 Å². The van der Waals surface area contributed by atoms with Gasteiger partial charge < -0.3 is 5.32 Å². The van der Waals surface area contributed by atoms with E-state index >= 15 is 0 Å². The van der Waals surface area contributed by atoms with Crippen LogP contribution >= 0.6 is 11.6 Å². The molecule has 0 saturated heterocycles. The Balaban J connectivity index is 1.72. The lowest BCUT2D eigenvalue weighted by molar-refractivity contribution is 0.462. The molecule has 0 aliphatic heterocycles. The minimum Gasteiger partial charge on any atom is -0.312 e. The predicted molar refractivity (Wildman–Crippen MR) is 80.3 cm³/mol. The molecule has 1 aromatic carbocycles. The lowest BCUT2D eigenvalue weighted by atomic mass is 10.1. The van der Waals surface area contributed by atoms with Gasteiger partial charge in [0.1, 0.15) is 0 Å². The predicted octanol–water partition coefficient (Wildman–Crippen LogP) is 4.02. The minimum absolute atomic E-state index is 0.776. The van der Waals surface area contributed by atoms with Crippen LogP contribution in [0, 0.1) is 11.8 Å². The molecule has 2 aromatic rings. The van der Waals surface area contributed by atoms with Crippen molar-refractivity contribution in [3.8, 4) is 0 Å². The number of hydrogen-bond acceptors (Lipinski definition) is 2. The molecule has 1 aliphatic rings. The monoisotopic (exact) mass is 274 g/mol. The fourth-order valence-electron chi connectivity index (χ4n) is 2.61. The first kappa shape index (κ1) is 12.9. The second-order valence-electron chi connectivity index (χ2n) is 5.55. The van der Waals surface area contributed by atoms with Crippen molar-refractivity contribution < 1.29 is 0 Å². The summed E-state index contributed by atoms with van der Waals surface area (Å²) in [6.07, 6.45) is 4.65. The van der Waals surface area contributed by atoms with Gasteiger partial charge in [-0.2, -0.15) is 0 Å². The Morgan fingerprint density at radius 2 is 2.21 bits per heavy atom. The summed E-state index contributed by atoms with van der Waals surface area (Å²) in [6.45, 7) is 4.28. The van der Waals surface area contributed by atoms with Crippen LogP contribution in [0.2, 0.25) is 5.02 Å². The normalized spacial score (nSPS) is 16.7. The Bertz CT molecular complexity index is 578. The van der Waals surface area contributed by atoms with Crippen LogP contribution < -0.4 is 5.32 Å². The average Bonchev–Trinajstić information content (AvgIpc) is 3.26. The molecule has 0 amide bonds. The Morgan fingerprint density at radius 1 is 1.37 bits per heavy atom. The molecule has 1 unspecified atom stereocenters. The van der Waals surface area contributed by atoms with Gasteiger partial charge in [-0.25, -0.2) is 0 Å². The van der Waals surface area contributed by atoms with Gasteiger partial charge in [0.05, 0.1) is 5.52 Å². The van der Waals surface area contributed by atoms with Crippen molar-refractivity contribution in [3.05, 3.63) is 41.0 Å². The molecule has 1 aromatic heterocycles. The standard InChI is InChI=1S/C16H19ClN2/c1-11(12-4-5-12)9-18-10-13-6-7-15(17)14-3-2-8-19-16(13)14/h2-3,6-8,11-12,18H,4-5,9-10H2,1H3.